The fraction of sp³-hybridized carbons (Fsp3) is 0.286. The first-order valence-electron chi connectivity index (χ1n) is 11.6. The van der Waals surface area contributed by atoms with Crippen LogP contribution in [0.15, 0.2) is 72.8 Å². The highest BCUT2D eigenvalue weighted by molar-refractivity contribution is 5.81. The van der Waals surface area contributed by atoms with Crippen LogP contribution in [0, 0.1) is 13.8 Å². The molecule has 5 nitrogen and oxygen atoms in total. The van der Waals surface area contributed by atoms with Crippen molar-refractivity contribution in [3.8, 4) is 5.75 Å². The number of fused-ring (bicyclic) bond motifs is 1. The normalized spacial score (nSPS) is 16.0. The van der Waals surface area contributed by atoms with E-state index in [0.717, 1.165) is 33.7 Å². The number of benzene rings is 3. The van der Waals surface area contributed by atoms with E-state index in [2.05, 4.69) is 54.8 Å². The molecule has 1 saturated heterocycles. The Hall–Kier alpha value is -3.60. The zero-order valence-corrected chi connectivity index (χ0v) is 19.2. The third-order valence-electron chi connectivity index (χ3n) is 6.40. The van der Waals surface area contributed by atoms with Crippen LogP contribution in [0.25, 0.3) is 11.0 Å². The van der Waals surface area contributed by atoms with Crippen LogP contribution in [0.4, 0.5) is 0 Å². The first-order chi connectivity index (χ1) is 16.1. The Morgan fingerprint density at radius 1 is 1.00 bits per heavy atom. The van der Waals surface area contributed by atoms with Crippen molar-refractivity contribution in [3.63, 3.8) is 0 Å². The van der Waals surface area contributed by atoms with Gasteiger partial charge in [-0.05, 0) is 48.7 Å². The van der Waals surface area contributed by atoms with Crippen LogP contribution in [-0.2, 0) is 17.9 Å². The molecule has 0 aliphatic carbocycles. The molecule has 1 aliphatic heterocycles. The molecule has 33 heavy (non-hydrogen) atoms. The van der Waals surface area contributed by atoms with E-state index in [1.165, 1.54) is 5.56 Å². The summed E-state index contributed by atoms with van der Waals surface area (Å²) >= 11 is 0. The van der Waals surface area contributed by atoms with E-state index in [9.17, 15) is 4.79 Å². The zero-order valence-electron chi connectivity index (χ0n) is 19.2. The van der Waals surface area contributed by atoms with Gasteiger partial charge in [0.2, 0.25) is 5.91 Å². The van der Waals surface area contributed by atoms with Crippen LogP contribution in [-0.4, -0.2) is 33.5 Å². The molecule has 1 atom stereocenters. The number of carbonyl (C=O) groups excluding carboxylic acids is 1. The summed E-state index contributed by atoms with van der Waals surface area (Å²) in [5, 5.41) is 0. The van der Waals surface area contributed by atoms with Crippen molar-refractivity contribution in [1.29, 1.82) is 0 Å². The molecular weight excluding hydrogens is 410 g/mol. The van der Waals surface area contributed by atoms with E-state index < -0.39 is 0 Å². The number of aromatic nitrogens is 2. The molecule has 5 rings (SSSR count). The first kappa shape index (κ1) is 21.3. The van der Waals surface area contributed by atoms with Gasteiger partial charge in [-0.25, -0.2) is 4.98 Å². The molecule has 168 valence electrons. The number of imidazole rings is 1. The topological polar surface area (TPSA) is 47.4 Å². The monoisotopic (exact) mass is 439 g/mol. The molecule has 4 aromatic rings. The zero-order chi connectivity index (χ0) is 22.8. The van der Waals surface area contributed by atoms with Gasteiger partial charge in [-0.3, -0.25) is 4.79 Å². The lowest BCUT2D eigenvalue weighted by Crippen LogP contribution is -2.24. The number of amides is 1. The molecule has 3 aromatic carbocycles. The summed E-state index contributed by atoms with van der Waals surface area (Å²) in [7, 11) is 0. The molecular formula is C28H29N3O2. The third-order valence-corrected chi connectivity index (χ3v) is 6.40. The smallest absolute Gasteiger partial charge is 0.223 e. The van der Waals surface area contributed by atoms with Crippen LogP contribution >= 0.6 is 0 Å². The molecule has 1 aromatic heterocycles. The van der Waals surface area contributed by atoms with Crippen LogP contribution in [0.3, 0.4) is 0 Å². The van der Waals surface area contributed by atoms with Gasteiger partial charge >= 0.3 is 0 Å². The summed E-state index contributed by atoms with van der Waals surface area (Å²) in [6.07, 6.45) is 0.494. The van der Waals surface area contributed by atoms with Crippen LogP contribution < -0.4 is 4.74 Å². The van der Waals surface area contributed by atoms with Crippen molar-refractivity contribution < 1.29 is 9.53 Å². The minimum atomic E-state index is 0.0781. The highest BCUT2D eigenvalue weighted by Gasteiger charge is 2.34. The summed E-state index contributed by atoms with van der Waals surface area (Å²) < 4.78 is 8.39. The molecule has 0 N–H and O–H groups in total. The highest BCUT2D eigenvalue weighted by atomic mass is 16.5. The minimum absolute atomic E-state index is 0.0781. The fourth-order valence-corrected chi connectivity index (χ4v) is 4.65. The van der Waals surface area contributed by atoms with Gasteiger partial charge in [0, 0.05) is 25.4 Å². The summed E-state index contributed by atoms with van der Waals surface area (Å²) in [4.78, 5) is 19.7. The maximum absolute atomic E-state index is 12.8. The molecule has 1 aliphatic rings. The van der Waals surface area contributed by atoms with Crippen LogP contribution in [0.5, 0.6) is 5.75 Å². The van der Waals surface area contributed by atoms with Crippen molar-refractivity contribution in [1.82, 2.24) is 14.5 Å². The van der Waals surface area contributed by atoms with E-state index in [0.29, 0.717) is 32.7 Å². The van der Waals surface area contributed by atoms with E-state index in [1.54, 1.807) is 0 Å². The van der Waals surface area contributed by atoms with Gasteiger partial charge in [-0.2, -0.15) is 0 Å². The number of rotatable bonds is 7. The van der Waals surface area contributed by atoms with Crippen molar-refractivity contribution in [3.05, 3.63) is 95.3 Å². The molecule has 2 heterocycles. The first-order valence-corrected chi connectivity index (χ1v) is 11.6. The Morgan fingerprint density at radius 2 is 1.79 bits per heavy atom. The predicted octanol–water partition coefficient (Wildman–Crippen LogP) is 5.25. The standard InChI is InChI=1S/C28H29N3O2/c1-20-12-13-21(2)26(16-20)33-15-14-31-25-11-7-6-10-24(25)29-28(31)23-17-27(32)30(19-23)18-22-8-4-3-5-9-22/h3-13,16,23H,14-15,17-19H2,1-2H3/t23-/m1/s1. The van der Waals surface area contributed by atoms with E-state index in [4.69, 9.17) is 9.72 Å². The Kier molecular flexibility index (Phi) is 5.86. The second kappa shape index (κ2) is 9.10. The molecule has 0 saturated carbocycles. The highest BCUT2D eigenvalue weighted by Crippen LogP contribution is 2.31. The van der Waals surface area contributed by atoms with Gasteiger partial charge in [-0.15, -0.1) is 0 Å². The van der Waals surface area contributed by atoms with Gasteiger partial charge in [0.25, 0.3) is 0 Å². The lowest BCUT2D eigenvalue weighted by Gasteiger charge is -2.18. The molecule has 0 spiro atoms. The third kappa shape index (κ3) is 4.49. The van der Waals surface area contributed by atoms with E-state index in [1.807, 2.05) is 41.3 Å². The maximum atomic E-state index is 12.8. The summed E-state index contributed by atoms with van der Waals surface area (Å²) in [5.41, 5.74) is 5.53. The van der Waals surface area contributed by atoms with Crippen molar-refractivity contribution >= 4 is 16.9 Å². The maximum Gasteiger partial charge on any atom is 0.223 e. The number of aryl methyl sites for hydroxylation is 2. The van der Waals surface area contributed by atoms with Crippen molar-refractivity contribution in [2.75, 3.05) is 13.2 Å². The van der Waals surface area contributed by atoms with Gasteiger partial charge in [-0.1, -0.05) is 54.6 Å². The second-order valence-corrected chi connectivity index (χ2v) is 8.89. The molecule has 0 bridgehead atoms. The number of hydrogen-bond acceptors (Lipinski definition) is 3. The number of nitrogens with zero attached hydrogens (tertiary/aromatic N) is 3. The van der Waals surface area contributed by atoms with Gasteiger partial charge in [0.05, 0.1) is 17.6 Å². The van der Waals surface area contributed by atoms with Gasteiger partial charge in [0.15, 0.2) is 0 Å². The molecule has 1 amide bonds. The molecule has 1 fully saturated rings. The quantitative estimate of drug-likeness (QED) is 0.395. The lowest BCUT2D eigenvalue weighted by molar-refractivity contribution is -0.128. The Labute approximate surface area is 194 Å². The second-order valence-electron chi connectivity index (χ2n) is 8.89. The average molecular weight is 440 g/mol. The average Bonchev–Trinajstić information content (AvgIpc) is 3.37. The molecule has 5 heteroatoms. The van der Waals surface area contributed by atoms with Crippen molar-refractivity contribution in [2.45, 2.75) is 39.3 Å². The summed E-state index contributed by atoms with van der Waals surface area (Å²) in [6.45, 7) is 6.71. The number of ether oxygens (including phenoxy) is 1. The Morgan fingerprint density at radius 3 is 2.64 bits per heavy atom. The Balaban J connectivity index is 1.36. The van der Waals surface area contributed by atoms with Crippen LogP contribution in [0.1, 0.15) is 34.9 Å². The lowest BCUT2D eigenvalue weighted by atomic mass is 10.1. The van der Waals surface area contributed by atoms with Crippen molar-refractivity contribution in [2.24, 2.45) is 0 Å². The van der Waals surface area contributed by atoms with Crippen LogP contribution in [0.2, 0.25) is 0 Å². The molecule has 0 unspecified atom stereocenters. The SMILES string of the molecule is Cc1ccc(C)c(OCCn2c([C@@H]3CC(=O)N(Cc4ccccc4)C3)nc3ccccc32)c1. The Bertz CT molecular complexity index is 1280. The summed E-state index contributed by atoms with van der Waals surface area (Å²) in [6, 6.07) is 24.6. The predicted molar refractivity (Wildman–Crippen MR) is 130 cm³/mol. The number of carbonyl (C=O) groups is 1. The number of para-hydroxylation sites is 2. The number of likely N-dealkylation sites (tertiary alicyclic amines) is 1. The van der Waals surface area contributed by atoms with E-state index >= 15 is 0 Å². The summed E-state index contributed by atoms with van der Waals surface area (Å²) in [5.74, 6) is 2.17. The largest absolute Gasteiger partial charge is 0.491 e. The van der Waals surface area contributed by atoms with Gasteiger partial charge < -0.3 is 14.2 Å². The fourth-order valence-electron chi connectivity index (χ4n) is 4.65. The minimum Gasteiger partial charge on any atom is -0.491 e. The van der Waals surface area contributed by atoms with E-state index in [-0.39, 0.29) is 11.8 Å². The number of hydrogen-bond donors (Lipinski definition) is 0. The van der Waals surface area contributed by atoms with Gasteiger partial charge in [0.1, 0.15) is 18.2 Å². The molecule has 0 radical (unpaired) electrons.